The predicted octanol–water partition coefficient (Wildman–Crippen LogP) is 3.73. The summed E-state index contributed by atoms with van der Waals surface area (Å²) in [5.41, 5.74) is 3.80. The molecular weight excluding hydrogens is 358 g/mol. The predicted molar refractivity (Wildman–Crippen MR) is 112 cm³/mol. The molecule has 0 saturated carbocycles. The van der Waals surface area contributed by atoms with Crippen LogP contribution in [0, 0.1) is 13.8 Å². The highest BCUT2D eigenvalue weighted by atomic mass is 32.1. The summed E-state index contributed by atoms with van der Waals surface area (Å²) in [5.74, 6) is -0.0885. The topological polar surface area (TPSA) is 54.3 Å². The summed E-state index contributed by atoms with van der Waals surface area (Å²) in [5, 5.41) is 5.14. The third-order valence-corrected chi connectivity index (χ3v) is 5.49. The van der Waals surface area contributed by atoms with Crippen molar-refractivity contribution in [3.05, 3.63) is 41.2 Å². The fourth-order valence-electron chi connectivity index (χ4n) is 3.09. The summed E-state index contributed by atoms with van der Waals surface area (Å²) in [6, 6.07) is 6.05. The van der Waals surface area contributed by atoms with Gasteiger partial charge in [-0.25, -0.2) is 4.98 Å². The molecule has 0 aliphatic rings. The van der Waals surface area contributed by atoms with Crippen LogP contribution in [-0.4, -0.2) is 52.8 Å². The molecule has 0 spiro atoms. The second-order valence-corrected chi connectivity index (χ2v) is 8.10. The van der Waals surface area contributed by atoms with Gasteiger partial charge in [-0.2, -0.15) is 5.10 Å². The van der Waals surface area contributed by atoms with Gasteiger partial charge in [-0.1, -0.05) is 17.4 Å². The lowest BCUT2D eigenvalue weighted by molar-refractivity contribution is 0.0980. The van der Waals surface area contributed by atoms with Crippen LogP contribution in [0.2, 0.25) is 0 Å². The molecule has 0 aliphatic carbocycles. The Morgan fingerprint density at radius 1 is 1.22 bits per heavy atom. The summed E-state index contributed by atoms with van der Waals surface area (Å²) in [4.78, 5) is 21.9. The molecule has 1 amide bonds. The van der Waals surface area contributed by atoms with Crippen LogP contribution in [0.25, 0.3) is 10.2 Å². The molecule has 0 aliphatic heterocycles. The Kier molecular flexibility index (Phi) is 5.92. The number of aromatic nitrogens is 3. The Labute approximate surface area is 164 Å². The molecule has 6 nitrogen and oxygen atoms in total. The fourth-order valence-corrected chi connectivity index (χ4v) is 4.26. The van der Waals surface area contributed by atoms with Gasteiger partial charge in [-0.3, -0.25) is 14.4 Å². The van der Waals surface area contributed by atoms with E-state index in [9.17, 15) is 4.79 Å². The molecule has 0 radical (unpaired) electrons. The molecule has 0 saturated heterocycles. The van der Waals surface area contributed by atoms with Gasteiger partial charge in [0.05, 0.1) is 10.2 Å². The van der Waals surface area contributed by atoms with Crippen molar-refractivity contribution >= 4 is 32.6 Å². The summed E-state index contributed by atoms with van der Waals surface area (Å²) in [6.45, 7) is 8.44. The van der Waals surface area contributed by atoms with Gasteiger partial charge in [0.25, 0.3) is 5.91 Å². The lowest BCUT2D eigenvalue weighted by Gasteiger charge is -2.20. The number of carbonyl (C=O) groups is 1. The van der Waals surface area contributed by atoms with E-state index in [1.165, 1.54) is 5.56 Å². The van der Waals surface area contributed by atoms with Gasteiger partial charge in [0.1, 0.15) is 0 Å². The Morgan fingerprint density at radius 2 is 2.00 bits per heavy atom. The van der Waals surface area contributed by atoms with Crippen LogP contribution < -0.4 is 4.90 Å². The fraction of sp³-hybridized carbons (Fsp3) is 0.450. The van der Waals surface area contributed by atoms with Gasteiger partial charge in [0.2, 0.25) is 0 Å². The average molecular weight is 386 g/mol. The Morgan fingerprint density at radius 3 is 2.67 bits per heavy atom. The number of amides is 1. The van der Waals surface area contributed by atoms with Crippen molar-refractivity contribution < 1.29 is 4.79 Å². The number of thiazole rings is 1. The molecule has 3 aromatic rings. The second-order valence-electron chi connectivity index (χ2n) is 7.10. The van der Waals surface area contributed by atoms with Crippen molar-refractivity contribution in [2.75, 3.05) is 32.1 Å². The van der Waals surface area contributed by atoms with Crippen LogP contribution in [0.15, 0.2) is 24.4 Å². The van der Waals surface area contributed by atoms with Gasteiger partial charge in [-0.15, -0.1) is 0 Å². The van der Waals surface area contributed by atoms with Gasteiger partial charge >= 0.3 is 0 Å². The van der Waals surface area contributed by atoms with Crippen LogP contribution in [0.3, 0.4) is 0 Å². The lowest BCUT2D eigenvalue weighted by atomic mass is 10.1. The highest BCUT2D eigenvalue weighted by Crippen LogP contribution is 2.32. The molecule has 27 heavy (non-hydrogen) atoms. The highest BCUT2D eigenvalue weighted by molar-refractivity contribution is 7.22. The first-order valence-electron chi connectivity index (χ1n) is 9.27. The Bertz CT molecular complexity index is 943. The van der Waals surface area contributed by atoms with E-state index in [0.29, 0.717) is 12.2 Å². The average Bonchev–Trinajstić information content (AvgIpc) is 3.24. The molecule has 2 aromatic heterocycles. The number of hydrogen-bond donors (Lipinski definition) is 0. The monoisotopic (exact) mass is 385 g/mol. The minimum Gasteiger partial charge on any atom is -0.309 e. The van der Waals surface area contributed by atoms with E-state index < -0.39 is 0 Å². The number of carbonyl (C=O) groups excluding carboxylic acids is 1. The number of hydrogen-bond acceptors (Lipinski definition) is 5. The van der Waals surface area contributed by atoms with Crippen molar-refractivity contribution in [3.8, 4) is 0 Å². The SMILES string of the molecule is CCn1ccc(C(=O)N(CCCN(C)C)c2nc3c(C)cc(C)cc3s2)n1. The van der Waals surface area contributed by atoms with Crippen molar-refractivity contribution in [2.24, 2.45) is 0 Å². The summed E-state index contributed by atoms with van der Waals surface area (Å²) in [6.07, 6.45) is 2.72. The first kappa shape index (κ1) is 19.5. The first-order chi connectivity index (χ1) is 12.9. The van der Waals surface area contributed by atoms with Crippen LogP contribution in [0.5, 0.6) is 0 Å². The van der Waals surface area contributed by atoms with E-state index in [4.69, 9.17) is 4.98 Å². The summed E-state index contributed by atoms with van der Waals surface area (Å²) < 4.78 is 2.89. The smallest absolute Gasteiger partial charge is 0.280 e. The minimum absolute atomic E-state index is 0.0885. The third-order valence-electron chi connectivity index (χ3n) is 4.47. The van der Waals surface area contributed by atoms with Gasteiger partial charge in [0, 0.05) is 19.3 Å². The number of fused-ring (bicyclic) bond motifs is 1. The van der Waals surface area contributed by atoms with E-state index in [2.05, 4.69) is 36.0 Å². The van der Waals surface area contributed by atoms with E-state index in [1.807, 2.05) is 27.2 Å². The standard InChI is InChI=1S/C20H27N5OS/c1-6-24-11-8-16(22-24)19(26)25(10-7-9-23(4)5)20-21-18-15(3)12-14(2)13-17(18)27-20/h8,11-13H,6-7,9-10H2,1-5H3. The van der Waals surface area contributed by atoms with Crippen LogP contribution in [0.4, 0.5) is 5.13 Å². The zero-order valence-corrected chi connectivity index (χ0v) is 17.5. The number of rotatable bonds is 7. The summed E-state index contributed by atoms with van der Waals surface area (Å²) in [7, 11) is 4.08. The molecular formula is C20H27N5OS. The van der Waals surface area contributed by atoms with E-state index in [-0.39, 0.29) is 5.91 Å². The van der Waals surface area contributed by atoms with Crippen molar-refractivity contribution in [1.82, 2.24) is 19.7 Å². The molecule has 0 bridgehead atoms. The normalized spacial score (nSPS) is 11.5. The molecule has 0 fully saturated rings. The molecule has 1 aromatic carbocycles. The quantitative estimate of drug-likeness (QED) is 0.622. The minimum atomic E-state index is -0.0885. The zero-order chi connectivity index (χ0) is 19.6. The molecule has 2 heterocycles. The lowest BCUT2D eigenvalue weighted by Crippen LogP contribution is -2.33. The first-order valence-corrected chi connectivity index (χ1v) is 10.1. The van der Waals surface area contributed by atoms with Gasteiger partial charge in [0.15, 0.2) is 10.8 Å². The Hall–Kier alpha value is -2.25. The molecule has 0 N–H and O–H groups in total. The zero-order valence-electron chi connectivity index (χ0n) is 16.7. The maximum Gasteiger partial charge on any atom is 0.280 e. The number of aryl methyl sites for hydroxylation is 3. The molecule has 3 rings (SSSR count). The van der Waals surface area contributed by atoms with Crippen molar-refractivity contribution in [2.45, 2.75) is 33.7 Å². The van der Waals surface area contributed by atoms with Crippen molar-refractivity contribution in [1.29, 1.82) is 0 Å². The number of anilines is 1. The molecule has 7 heteroatoms. The Balaban J connectivity index is 1.95. The van der Waals surface area contributed by atoms with Gasteiger partial charge in [-0.05, 0) is 71.1 Å². The third kappa shape index (κ3) is 4.36. The van der Waals surface area contributed by atoms with Crippen LogP contribution in [0.1, 0.15) is 35.0 Å². The second kappa shape index (κ2) is 8.19. The number of benzene rings is 1. The molecule has 0 unspecified atom stereocenters. The number of nitrogens with zero attached hydrogens (tertiary/aromatic N) is 5. The van der Waals surface area contributed by atoms with E-state index in [1.54, 1.807) is 27.0 Å². The van der Waals surface area contributed by atoms with Crippen LogP contribution >= 0.6 is 11.3 Å². The maximum absolute atomic E-state index is 13.2. The molecule has 0 atom stereocenters. The highest BCUT2D eigenvalue weighted by Gasteiger charge is 2.23. The van der Waals surface area contributed by atoms with E-state index in [0.717, 1.165) is 40.4 Å². The van der Waals surface area contributed by atoms with E-state index >= 15 is 0 Å². The summed E-state index contributed by atoms with van der Waals surface area (Å²) >= 11 is 1.57. The maximum atomic E-state index is 13.2. The van der Waals surface area contributed by atoms with Crippen LogP contribution in [-0.2, 0) is 6.54 Å². The molecule has 144 valence electrons. The van der Waals surface area contributed by atoms with Crippen molar-refractivity contribution in [3.63, 3.8) is 0 Å². The van der Waals surface area contributed by atoms with Gasteiger partial charge < -0.3 is 4.90 Å². The largest absolute Gasteiger partial charge is 0.309 e.